The number of carbonyl (C=O) groups is 2. The smallest absolute Gasteiger partial charge is 0.330 e. The Morgan fingerprint density at radius 3 is 1.81 bits per heavy atom. The maximum atomic E-state index is 10.9. The number of carboxylic acid groups (broad SMARTS) is 2. The molecule has 1 atom stereocenters. The molecule has 0 aromatic heterocycles. The van der Waals surface area contributed by atoms with Gasteiger partial charge < -0.3 is 25.5 Å². The van der Waals surface area contributed by atoms with Crippen molar-refractivity contribution in [2.75, 3.05) is 19.8 Å². The third kappa shape index (κ3) is 5.30. The molecule has 0 aliphatic carbocycles. The van der Waals surface area contributed by atoms with Gasteiger partial charge in [-0.25, -0.2) is 9.59 Å². The summed E-state index contributed by atoms with van der Waals surface area (Å²) >= 11 is 0. The van der Waals surface area contributed by atoms with Crippen LogP contribution in [0.3, 0.4) is 0 Å². The lowest BCUT2D eigenvalue weighted by Crippen LogP contribution is -2.39. The van der Waals surface area contributed by atoms with Crippen molar-refractivity contribution in [2.45, 2.75) is 20.3 Å². The first-order chi connectivity index (χ1) is 9.73. The van der Waals surface area contributed by atoms with E-state index in [2.05, 4.69) is 0 Å². The molecule has 0 saturated carbocycles. The van der Waals surface area contributed by atoms with Gasteiger partial charge in [0.25, 0.3) is 0 Å². The Balaban J connectivity index is 5.49. The highest BCUT2D eigenvalue weighted by Gasteiger charge is 2.36. The normalized spacial score (nSPS) is 14.9. The maximum Gasteiger partial charge on any atom is 0.330 e. The molecule has 7 heteroatoms. The van der Waals surface area contributed by atoms with E-state index in [1.165, 1.54) is 26.0 Å². The number of aliphatic hydroxyl groups excluding tert-OH is 3. The van der Waals surface area contributed by atoms with Crippen LogP contribution in [0.2, 0.25) is 0 Å². The number of rotatable bonds is 9. The van der Waals surface area contributed by atoms with E-state index in [4.69, 9.17) is 10.2 Å². The lowest BCUT2D eigenvalue weighted by Gasteiger charge is -2.34. The Hall–Kier alpha value is -1.70. The molecular weight excluding hydrogens is 280 g/mol. The molecule has 0 radical (unpaired) electrons. The van der Waals surface area contributed by atoms with Crippen molar-refractivity contribution in [1.29, 1.82) is 0 Å². The summed E-state index contributed by atoms with van der Waals surface area (Å²) in [6.07, 6.45) is 2.66. The monoisotopic (exact) mass is 302 g/mol. The summed E-state index contributed by atoms with van der Waals surface area (Å²) in [5, 5.41) is 46.2. The van der Waals surface area contributed by atoms with Gasteiger partial charge in [0.15, 0.2) is 0 Å². The largest absolute Gasteiger partial charge is 0.478 e. The van der Waals surface area contributed by atoms with Gasteiger partial charge in [-0.05, 0) is 26.2 Å². The summed E-state index contributed by atoms with van der Waals surface area (Å²) in [4.78, 5) is 21.6. The molecular formula is C14H22O7. The minimum atomic E-state index is -1.34. The van der Waals surface area contributed by atoms with Gasteiger partial charge in [0.1, 0.15) is 0 Å². The number of hydrogen-bond donors (Lipinski definition) is 5. The van der Waals surface area contributed by atoms with Crippen LogP contribution >= 0.6 is 0 Å². The third-order valence-electron chi connectivity index (χ3n) is 3.51. The molecule has 0 bridgehead atoms. The quantitative estimate of drug-likeness (QED) is 0.379. The number of hydrogen-bond acceptors (Lipinski definition) is 5. The molecule has 7 nitrogen and oxygen atoms in total. The summed E-state index contributed by atoms with van der Waals surface area (Å²) in [7, 11) is 0. The van der Waals surface area contributed by atoms with E-state index in [0.717, 1.165) is 0 Å². The number of aliphatic carboxylic acids is 2. The van der Waals surface area contributed by atoms with Crippen molar-refractivity contribution in [3.05, 3.63) is 23.3 Å². The molecule has 120 valence electrons. The molecule has 0 rings (SSSR count). The molecule has 5 N–H and O–H groups in total. The van der Waals surface area contributed by atoms with Gasteiger partial charge in [-0.3, -0.25) is 0 Å². The summed E-state index contributed by atoms with van der Waals surface area (Å²) in [5.74, 6) is -3.02. The fourth-order valence-electron chi connectivity index (χ4n) is 1.91. The molecule has 0 heterocycles. The van der Waals surface area contributed by atoms with E-state index in [-0.39, 0.29) is 17.6 Å². The molecule has 0 amide bonds. The molecule has 0 aromatic carbocycles. The predicted octanol–water partition coefficient (Wildman–Crippen LogP) is 0.0178. The lowest BCUT2D eigenvalue weighted by molar-refractivity contribution is -0.133. The fourth-order valence-corrected chi connectivity index (χ4v) is 1.91. The van der Waals surface area contributed by atoms with Crippen molar-refractivity contribution < 1.29 is 35.1 Å². The Morgan fingerprint density at radius 1 is 1.00 bits per heavy atom. The second kappa shape index (κ2) is 8.56. The summed E-state index contributed by atoms with van der Waals surface area (Å²) in [5.41, 5.74) is -1.35. The average molecular weight is 302 g/mol. The Kier molecular flexibility index (Phi) is 7.86. The lowest BCUT2D eigenvalue weighted by atomic mass is 9.73. The first-order valence-electron chi connectivity index (χ1n) is 6.39. The zero-order valence-electron chi connectivity index (χ0n) is 12.1. The summed E-state index contributed by atoms with van der Waals surface area (Å²) in [6, 6.07) is 0. The van der Waals surface area contributed by atoms with Gasteiger partial charge in [0.2, 0.25) is 0 Å². The zero-order chi connectivity index (χ0) is 16.6. The maximum absolute atomic E-state index is 10.9. The van der Waals surface area contributed by atoms with Gasteiger partial charge >= 0.3 is 11.9 Å². The highest BCUT2D eigenvalue weighted by molar-refractivity contribution is 5.86. The molecule has 0 saturated heterocycles. The first-order valence-corrected chi connectivity index (χ1v) is 6.39. The van der Waals surface area contributed by atoms with E-state index in [1.807, 2.05) is 0 Å². The second-order valence-corrected chi connectivity index (χ2v) is 4.99. The molecule has 21 heavy (non-hydrogen) atoms. The predicted molar refractivity (Wildman–Crippen MR) is 74.6 cm³/mol. The molecule has 0 fully saturated rings. The highest BCUT2D eigenvalue weighted by Crippen LogP contribution is 2.33. The van der Waals surface area contributed by atoms with E-state index in [0.29, 0.717) is 0 Å². The van der Waals surface area contributed by atoms with Crippen molar-refractivity contribution >= 4 is 11.9 Å². The topological polar surface area (TPSA) is 135 Å². The molecule has 0 aliphatic heterocycles. The van der Waals surface area contributed by atoms with Crippen LogP contribution in [-0.4, -0.2) is 57.3 Å². The van der Waals surface area contributed by atoms with E-state index >= 15 is 0 Å². The Labute approximate surface area is 122 Å². The highest BCUT2D eigenvalue weighted by atomic mass is 16.4. The molecule has 0 aliphatic rings. The summed E-state index contributed by atoms with van der Waals surface area (Å²) < 4.78 is 0. The van der Waals surface area contributed by atoms with Gasteiger partial charge in [-0.15, -0.1) is 0 Å². The fraction of sp³-hybridized carbons (Fsp3) is 0.571. The van der Waals surface area contributed by atoms with Gasteiger partial charge in [-0.1, -0.05) is 12.2 Å². The van der Waals surface area contributed by atoms with Crippen molar-refractivity contribution in [1.82, 2.24) is 0 Å². The van der Waals surface area contributed by atoms with Crippen LogP contribution in [0.4, 0.5) is 0 Å². The van der Waals surface area contributed by atoms with Gasteiger partial charge in [0.05, 0.1) is 13.2 Å². The van der Waals surface area contributed by atoms with E-state index in [9.17, 15) is 24.9 Å². The van der Waals surface area contributed by atoms with Crippen LogP contribution < -0.4 is 0 Å². The van der Waals surface area contributed by atoms with Crippen molar-refractivity contribution in [2.24, 2.45) is 11.3 Å². The van der Waals surface area contributed by atoms with Crippen molar-refractivity contribution in [3.8, 4) is 0 Å². The van der Waals surface area contributed by atoms with Crippen molar-refractivity contribution in [3.63, 3.8) is 0 Å². The van der Waals surface area contributed by atoms with Crippen LogP contribution in [0.25, 0.3) is 0 Å². The Bertz CT molecular complexity index is 433. The number of aliphatic hydroxyl groups is 3. The van der Waals surface area contributed by atoms with Crippen LogP contribution in [0, 0.1) is 11.3 Å². The first kappa shape index (κ1) is 19.3. The SMILES string of the molecule is C/C(=C\CC(CO)C(/C=C(\C)C(=O)O)(CO)CO)C(=O)O. The zero-order valence-corrected chi connectivity index (χ0v) is 12.1. The average Bonchev–Trinajstić information content (AvgIpc) is 2.45. The minimum Gasteiger partial charge on any atom is -0.478 e. The number of allylic oxidation sites excluding steroid dienone is 1. The Morgan fingerprint density at radius 2 is 1.48 bits per heavy atom. The van der Waals surface area contributed by atoms with Gasteiger partial charge in [-0.2, -0.15) is 0 Å². The van der Waals surface area contributed by atoms with Crippen LogP contribution in [0.5, 0.6) is 0 Å². The van der Waals surface area contributed by atoms with Crippen LogP contribution in [-0.2, 0) is 9.59 Å². The van der Waals surface area contributed by atoms with E-state index in [1.54, 1.807) is 0 Å². The minimum absolute atomic E-state index is 0.0668. The molecule has 1 unspecified atom stereocenters. The molecule has 0 aromatic rings. The summed E-state index contributed by atoms with van der Waals surface area (Å²) in [6.45, 7) is 1.12. The van der Waals surface area contributed by atoms with Gasteiger partial charge in [0, 0.05) is 23.2 Å². The molecule has 0 spiro atoms. The third-order valence-corrected chi connectivity index (χ3v) is 3.51. The van der Waals surface area contributed by atoms with E-state index < -0.39 is 43.1 Å². The van der Waals surface area contributed by atoms with Crippen LogP contribution in [0.1, 0.15) is 20.3 Å². The second-order valence-electron chi connectivity index (χ2n) is 4.99. The van der Waals surface area contributed by atoms with Crippen LogP contribution in [0.15, 0.2) is 23.3 Å². The standard InChI is InChI=1S/C14H22O7/c1-9(12(18)19)3-4-11(6-15)14(7-16,8-17)5-10(2)13(20)21/h3,5,11,15-17H,4,6-8H2,1-2H3,(H,18,19)(H,20,21)/b9-3+,10-5+. The number of carboxylic acids is 2.